The Labute approximate surface area is 140 Å². The molecule has 2 unspecified atom stereocenters. The van der Waals surface area contributed by atoms with Crippen molar-refractivity contribution >= 4 is 28.9 Å². The molecule has 6 heterocycles. The zero-order valence-corrected chi connectivity index (χ0v) is 13.4. The van der Waals surface area contributed by atoms with Crippen LogP contribution >= 0.6 is 11.3 Å². The summed E-state index contributed by atoms with van der Waals surface area (Å²) in [6.45, 7) is 1.70. The van der Waals surface area contributed by atoms with Crippen LogP contribution in [0.3, 0.4) is 0 Å². The van der Waals surface area contributed by atoms with E-state index in [0.717, 1.165) is 23.8 Å². The zero-order chi connectivity index (χ0) is 16.3. The van der Waals surface area contributed by atoms with E-state index in [9.17, 15) is 9.90 Å². The van der Waals surface area contributed by atoms with Crippen LogP contribution in [-0.2, 0) is 0 Å². The summed E-state index contributed by atoms with van der Waals surface area (Å²) >= 11 is 1.49. The van der Waals surface area contributed by atoms with Gasteiger partial charge in [-0.25, -0.2) is 14.3 Å². The molecule has 3 aliphatic rings. The number of carboxylic acid groups (broad SMARTS) is 1. The average Bonchev–Trinajstić information content (AvgIpc) is 3.23. The van der Waals surface area contributed by atoms with Crippen molar-refractivity contribution in [1.82, 2.24) is 24.9 Å². The maximum atomic E-state index is 11.5. The number of thiazole rings is 1. The molecule has 3 aromatic heterocycles. The van der Waals surface area contributed by atoms with Gasteiger partial charge in [-0.2, -0.15) is 4.98 Å². The third-order valence-corrected chi connectivity index (χ3v) is 5.36. The van der Waals surface area contributed by atoms with Crippen LogP contribution in [0.1, 0.15) is 16.8 Å². The van der Waals surface area contributed by atoms with Crippen molar-refractivity contribution in [3.05, 3.63) is 29.3 Å². The van der Waals surface area contributed by atoms with Gasteiger partial charge in [0.05, 0.1) is 0 Å². The smallest absolute Gasteiger partial charge is 0.339 e. The van der Waals surface area contributed by atoms with Gasteiger partial charge in [0, 0.05) is 36.8 Å². The summed E-state index contributed by atoms with van der Waals surface area (Å²) in [5.74, 6) is -0.425. The van der Waals surface area contributed by atoms with E-state index in [-0.39, 0.29) is 5.56 Å². The molecule has 3 saturated heterocycles. The maximum absolute atomic E-state index is 11.5. The number of nitrogens with zero attached hydrogens (tertiary/aromatic N) is 5. The van der Waals surface area contributed by atoms with Gasteiger partial charge in [-0.15, -0.1) is 16.4 Å². The third-order valence-electron chi connectivity index (χ3n) is 4.56. The lowest BCUT2D eigenvalue weighted by Gasteiger charge is -2.47. The van der Waals surface area contributed by atoms with Crippen LogP contribution in [0.2, 0.25) is 0 Å². The highest BCUT2D eigenvalue weighted by atomic mass is 32.1. The second-order valence-corrected chi connectivity index (χ2v) is 7.02. The van der Waals surface area contributed by atoms with Crippen LogP contribution < -0.4 is 10.2 Å². The first kappa shape index (κ1) is 13.9. The molecule has 0 aliphatic carbocycles. The van der Waals surface area contributed by atoms with Gasteiger partial charge in [-0.1, -0.05) is 0 Å². The summed E-state index contributed by atoms with van der Waals surface area (Å²) in [6.07, 6.45) is 2.91. The second-order valence-electron chi connectivity index (χ2n) is 6.12. The number of pyridine rings is 1. The SMILES string of the molecule is O=C(O)c1ccc(-c2nccs2)n2nc(N3CC4CC(C3)N4)nc12. The Kier molecular flexibility index (Phi) is 2.88. The van der Waals surface area contributed by atoms with E-state index in [2.05, 4.69) is 25.3 Å². The summed E-state index contributed by atoms with van der Waals surface area (Å²) in [5, 5.41) is 20.2. The Hall–Kier alpha value is -2.52. The van der Waals surface area contributed by atoms with Gasteiger partial charge in [0.2, 0.25) is 5.95 Å². The minimum Gasteiger partial charge on any atom is -0.478 e. The summed E-state index contributed by atoms with van der Waals surface area (Å²) in [5.41, 5.74) is 1.26. The highest BCUT2D eigenvalue weighted by molar-refractivity contribution is 7.13. The lowest BCUT2D eigenvalue weighted by molar-refractivity contribution is 0.0698. The Balaban J connectivity index is 1.66. The monoisotopic (exact) mass is 342 g/mol. The molecule has 122 valence electrons. The first-order valence-electron chi connectivity index (χ1n) is 7.73. The van der Waals surface area contributed by atoms with Crippen LogP contribution in [0.4, 0.5) is 5.95 Å². The number of aromatic nitrogens is 4. The Morgan fingerprint density at radius 3 is 2.79 bits per heavy atom. The number of carbonyl (C=O) groups is 1. The van der Waals surface area contributed by atoms with Gasteiger partial charge in [0.25, 0.3) is 0 Å². The number of piperazine rings is 1. The van der Waals surface area contributed by atoms with Crippen LogP contribution in [0.25, 0.3) is 16.3 Å². The van der Waals surface area contributed by atoms with E-state index in [4.69, 9.17) is 0 Å². The predicted octanol–water partition coefficient (Wildman–Crippen LogP) is 1.10. The lowest BCUT2D eigenvalue weighted by Crippen LogP contribution is -2.67. The van der Waals surface area contributed by atoms with E-state index >= 15 is 0 Å². The molecule has 8 nitrogen and oxygen atoms in total. The molecule has 2 N–H and O–H groups in total. The fraction of sp³-hybridized carbons (Fsp3) is 0.333. The minimum absolute atomic E-state index is 0.148. The number of nitrogens with one attached hydrogen (secondary N) is 1. The number of rotatable bonds is 3. The Morgan fingerprint density at radius 2 is 2.12 bits per heavy atom. The molecular weight excluding hydrogens is 328 g/mol. The number of carboxylic acids is 1. The van der Waals surface area contributed by atoms with Gasteiger partial charge in [0.1, 0.15) is 16.3 Å². The van der Waals surface area contributed by atoms with E-state index in [1.165, 1.54) is 17.8 Å². The maximum Gasteiger partial charge on any atom is 0.339 e. The summed E-state index contributed by atoms with van der Waals surface area (Å²) < 4.78 is 1.60. The number of hydrogen-bond donors (Lipinski definition) is 2. The summed E-state index contributed by atoms with van der Waals surface area (Å²) in [4.78, 5) is 22.5. The van der Waals surface area contributed by atoms with Gasteiger partial charge in [-0.05, 0) is 18.6 Å². The quantitative estimate of drug-likeness (QED) is 0.736. The zero-order valence-electron chi connectivity index (χ0n) is 12.6. The standard InChI is InChI=1S/C15H14N6O2S/c22-14(23)10-1-2-11(13-16-3-4-24-13)21-12(10)18-15(19-21)20-6-8-5-9(7-20)17-8/h1-4,8-9,17H,5-7H2,(H,22,23). The molecule has 0 aromatic carbocycles. The topological polar surface area (TPSA) is 95.6 Å². The summed E-state index contributed by atoms with van der Waals surface area (Å²) in [6, 6.07) is 4.27. The van der Waals surface area contributed by atoms with Crippen molar-refractivity contribution in [2.45, 2.75) is 18.5 Å². The van der Waals surface area contributed by atoms with Gasteiger partial charge < -0.3 is 15.3 Å². The van der Waals surface area contributed by atoms with E-state index in [1.54, 1.807) is 22.8 Å². The highest BCUT2D eigenvalue weighted by Crippen LogP contribution is 2.28. The van der Waals surface area contributed by atoms with Crippen molar-refractivity contribution in [2.75, 3.05) is 18.0 Å². The molecule has 0 amide bonds. The molecule has 24 heavy (non-hydrogen) atoms. The second kappa shape index (κ2) is 4.99. The molecule has 2 atom stereocenters. The molecule has 6 rings (SSSR count). The van der Waals surface area contributed by atoms with Gasteiger partial charge in [0.15, 0.2) is 5.65 Å². The van der Waals surface area contributed by atoms with Crippen molar-refractivity contribution < 1.29 is 9.90 Å². The fourth-order valence-electron chi connectivity index (χ4n) is 3.44. The average molecular weight is 342 g/mol. The van der Waals surface area contributed by atoms with E-state index < -0.39 is 5.97 Å². The van der Waals surface area contributed by atoms with Crippen LogP contribution in [0, 0.1) is 0 Å². The van der Waals surface area contributed by atoms with Crippen LogP contribution in [0.15, 0.2) is 23.7 Å². The first-order chi connectivity index (χ1) is 11.7. The minimum atomic E-state index is -1.01. The molecule has 0 spiro atoms. The Morgan fingerprint density at radius 1 is 1.33 bits per heavy atom. The largest absolute Gasteiger partial charge is 0.478 e. The lowest BCUT2D eigenvalue weighted by atomic mass is 9.92. The molecule has 3 aromatic rings. The van der Waals surface area contributed by atoms with Crippen molar-refractivity contribution in [3.63, 3.8) is 0 Å². The molecule has 0 saturated carbocycles. The summed E-state index contributed by atoms with van der Waals surface area (Å²) in [7, 11) is 0. The molecule has 3 aliphatic heterocycles. The van der Waals surface area contributed by atoms with Crippen molar-refractivity contribution in [3.8, 4) is 10.7 Å². The first-order valence-corrected chi connectivity index (χ1v) is 8.61. The van der Waals surface area contributed by atoms with Crippen LogP contribution in [0.5, 0.6) is 0 Å². The molecule has 3 fully saturated rings. The molecule has 0 radical (unpaired) electrons. The highest BCUT2D eigenvalue weighted by Gasteiger charge is 2.38. The number of hydrogen-bond acceptors (Lipinski definition) is 7. The van der Waals surface area contributed by atoms with Crippen molar-refractivity contribution in [2.24, 2.45) is 0 Å². The number of fused-ring (bicyclic) bond motifs is 3. The van der Waals surface area contributed by atoms with E-state index in [0.29, 0.717) is 23.7 Å². The third kappa shape index (κ3) is 2.01. The van der Waals surface area contributed by atoms with Gasteiger partial charge in [-0.3, -0.25) is 0 Å². The fourth-order valence-corrected chi connectivity index (χ4v) is 4.09. The molecule has 9 heteroatoms. The van der Waals surface area contributed by atoms with Crippen LogP contribution in [-0.4, -0.2) is 55.8 Å². The predicted molar refractivity (Wildman–Crippen MR) is 88.6 cm³/mol. The molecule has 2 bridgehead atoms. The number of aromatic carboxylic acids is 1. The number of piperidine rings is 1. The normalized spacial score (nSPS) is 22.6. The van der Waals surface area contributed by atoms with Crippen molar-refractivity contribution in [1.29, 1.82) is 0 Å². The van der Waals surface area contributed by atoms with Gasteiger partial charge >= 0.3 is 5.97 Å². The number of anilines is 1. The molecular formula is C15H14N6O2S. The van der Waals surface area contributed by atoms with E-state index in [1.807, 2.05) is 5.38 Å². The Bertz CT molecular complexity index is 921.